The van der Waals surface area contributed by atoms with E-state index in [4.69, 9.17) is 0 Å². The molecule has 1 amide bonds. The van der Waals surface area contributed by atoms with E-state index in [1.807, 2.05) is 11.8 Å². The fourth-order valence-corrected chi connectivity index (χ4v) is 3.29. The molecule has 2 N–H and O–H groups in total. The smallest absolute Gasteiger partial charge is 0.219 e. The van der Waals surface area contributed by atoms with Crippen molar-refractivity contribution in [1.29, 1.82) is 0 Å². The zero-order chi connectivity index (χ0) is 13.1. The van der Waals surface area contributed by atoms with Crippen LogP contribution in [0.4, 0.5) is 0 Å². The molecule has 0 bridgehead atoms. The number of likely N-dealkylation sites (tertiary alicyclic amines) is 1. The maximum absolute atomic E-state index is 11.6. The third kappa shape index (κ3) is 3.45. The molecule has 2 aliphatic rings. The summed E-state index contributed by atoms with van der Waals surface area (Å²) in [4.78, 5) is 13.4. The van der Waals surface area contributed by atoms with Crippen molar-refractivity contribution in [2.75, 3.05) is 13.1 Å². The molecule has 2 fully saturated rings. The van der Waals surface area contributed by atoms with Gasteiger partial charge < -0.3 is 15.3 Å². The average molecular weight is 254 g/mol. The number of rotatable bonds is 3. The molecule has 0 spiro atoms. The summed E-state index contributed by atoms with van der Waals surface area (Å²) in [7, 11) is 0. The number of carbonyl (C=O) groups is 1. The summed E-state index contributed by atoms with van der Waals surface area (Å²) in [6, 6.07) is 0.974. The zero-order valence-electron chi connectivity index (χ0n) is 11.6. The van der Waals surface area contributed by atoms with E-state index >= 15 is 0 Å². The molecule has 4 heteroatoms. The van der Waals surface area contributed by atoms with Crippen molar-refractivity contribution in [3.8, 4) is 0 Å². The molecule has 0 radical (unpaired) electrons. The lowest BCUT2D eigenvalue weighted by Gasteiger charge is -2.40. The Hall–Kier alpha value is -0.610. The van der Waals surface area contributed by atoms with Gasteiger partial charge in [0.1, 0.15) is 0 Å². The summed E-state index contributed by atoms with van der Waals surface area (Å²) in [6.45, 7) is 4.96. The molecule has 4 nitrogen and oxygen atoms in total. The zero-order valence-corrected chi connectivity index (χ0v) is 11.6. The number of hydrogen-bond donors (Lipinski definition) is 2. The lowest BCUT2D eigenvalue weighted by Crippen LogP contribution is -2.54. The Morgan fingerprint density at radius 1 is 1.28 bits per heavy atom. The van der Waals surface area contributed by atoms with Crippen LogP contribution in [0.15, 0.2) is 0 Å². The number of carbonyl (C=O) groups excluding carboxylic acids is 1. The molecule has 1 heterocycles. The predicted octanol–water partition coefficient (Wildman–Crippen LogP) is 1.14. The predicted molar refractivity (Wildman–Crippen MR) is 71.2 cm³/mol. The highest BCUT2D eigenvalue weighted by atomic mass is 16.3. The summed E-state index contributed by atoms with van der Waals surface area (Å²) in [5, 5.41) is 13.5. The van der Waals surface area contributed by atoms with E-state index in [9.17, 15) is 9.90 Å². The van der Waals surface area contributed by atoms with Crippen LogP contribution in [0.25, 0.3) is 0 Å². The molecular weight excluding hydrogens is 228 g/mol. The van der Waals surface area contributed by atoms with Crippen LogP contribution in [-0.2, 0) is 4.79 Å². The minimum absolute atomic E-state index is 0.124. The minimum Gasteiger partial charge on any atom is -0.393 e. The Kier molecular flexibility index (Phi) is 4.62. The maximum atomic E-state index is 11.6. The first kappa shape index (κ1) is 13.8. The van der Waals surface area contributed by atoms with Gasteiger partial charge in [-0.15, -0.1) is 0 Å². The summed E-state index contributed by atoms with van der Waals surface area (Å²) < 4.78 is 0. The van der Waals surface area contributed by atoms with Gasteiger partial charge in [0.05, 0.1) is 6.10 Å². The molecule has 104 valence electrons. The van der Waals surface area contributed by atoms with Crippen molar-refractivity contribution >= 4 is 5.91 Å². The highest BCUT2D eigenvalue weighted by molar-refractivity contribution is 5.73. The number of piperidine rings is 1. The van der Waals surface area contributed by atoms with Gasteiger partial charge >= 0.3 is 0 Å². The van der Waals surface area contributed by atoms with E-state index in [-0.39, 0.29) is 17.9 Å². The second kappa shape index (κ2) is 6.02. The van der Waals surface area contributed by atoms with Gasteiger partial charge in [-0.25, -0.2) is 0 Å². The standard InChI is InChI=1S/C14H26N2O2/c1-10(17)12-7-14(9-16(8-12)11(2)18)15-13-5-3-4-6-13/h10,12-15,17H,3-9H2,1-2H3. The number of nitrogens with zero attached hydrogens (tertiary/aromatic N) is 1. The molecule has 0 aromatic carbocycles. The van der Waals surface area contributed by atoms with E-state index < -0.39 is 0 Å². The van der Waals surface area contributed by atoms with Crippen molar-refractivity contribution in [2.24, 2.45) is 5.92 Å². The normalized spacial score (nSPS) is 31.6. The van der Waals surface area contributed by atoms with Gasteiger partial charge in [0.15, 0.2) is 0 Å². The van der Waals surface area contributed by atoms with Crippen LogP contribution in [0.5, 0.6) is 0 Å². The van der Waals surface area contributed by atoms with E-state index in [1.165, 1.54) is 25.7 Å². The number of nitrogens with one attached hydrogen (secondary N) is 1. The summed E-state index contributed by atoms with van der Waals surface area (Å²) in [6.07, 6.45) is 5.81. The minimum atomic E-state index is -0.333. The monoisotopic (exact) mass is 254 g/mol. The van der Waals surface area contributed by atoms with Crippen molar-refractivity contribution < 1.29 is 9.90 Å². The van der Waals surface area contributed by atoms with Crippen molar-refractivity contribution in [2.45, 2.75) is 64.1 Å². The highest BCUT2D eigenvalue weighted by Gasteiger charge is 2.32. The van der Waals surface area contributed by atoms with Gasteiger partial charge in [0.25, 0.3) is 0 Å². The quantitative estimate of drug-likeness (QED) is 0.794. The number of amides is 1. The number of aliphatic hydroxyl groups excluding tert-OH is 1. The van der Waals surface area contributed by atoms with E-state index in [0.29, 0.717) is 18.6 Å². The molecule has 18 heavy (non-hydrogen) atoms. The van der Waals surface area contributed by atoms with Crippen LogP contribution < -0.4 is 5.32 Å². The van der Waals surface area contributed by atoms with Gasteiger partial charge in [-0.2, -0.15) is 0 Å². The number of aliphatic hydroxyl groups is 1. The number of hydrogen-bond acceptors (Lipinski definition) is 3. The summed E-state index contributed by atoms with van der Waals surface area (Å²) in [5.41, 5.74) is 0. The highest BCUT2D eigenvalue weighted by Crippen LogP contribution is 2.24. The Bertz CT molecular complexity index is 286. The molecule has 1 aliphatic heterocycles. The van der Waals surface area contributed by atoms with Gasteiger partial charge in [-0.1, -0.05) is 12.8 Å². The van der Waals surface area contributed by atoms with Crippen LogP contribution >= 0.6 is 0 Å². The Balaban J connectivity index is 1.93. The fraction of sp³-hybridized carbons (Fsp3) is 0.929. The average Bonchev–Trinajstić information content (AvgIpc) is 2.81. The molecule has 0 aromatic heterocycles. The van der Waals surface area contributed by atoms with Gasteiger partial charge in [0, 0.05) is 38.0 Å². The Morgan fingerprint density at radius 2 is 1.94 bits per heavy atom. The molecule has 1 saturated heterocycles. The first-order valence-electron chi connectivity index (χ1n) is 7.26. The lowest BCUT2D eigenvalue weighted by molar-refractivity contribution is -0.132. The first-order valence-corrected chi connectivity index (χ1v) is 7.26. The van der Waals surface area contributed by atoms with Gasteiger partial charge in [0.2, 0.25) is 5.91 Å². The van der Waals surface area contributed by atoms with Crippen molar-refractivity contribution in [1.82, 2.24) is 10.2 Å². The Labute approximate surface area is 110 Å². The SMILES string of the molecule is CC(=O)N1CC(NC2CCCC2)CC(C(C)O)C1. The van der Waals surface area contributed by atoms with Crippen LogP contribution in [-0.4, -0.2) is 47.2 Å². The van der Waals surface area contributed by atoms with Crippen LogP contribution in [0.1, 0.15) is 46.0 Å². The van der Waals surface area contributed by atoms with Crippen molar-refractivity contribution in [3.05, 3.63) is 0 Å². The van der Waals surface area contributed by atoms with E-state index in [2.05, 4.69) is 5.32 Å². The maximum Gasteiger partial charge on any atom is 0.219 e. The van der Waals surface area contributed by atoms with Crippen LogP contribution in [0.2, 0.25) is 0 Å². The van der Waals surface area contributed by atoms with Crippen LogP contribution in [0.3, 0.4) is 0 Å². The topological polar surface area (TPSA) is 52.6 Å². The van der Waals surface area contributed by atoms with Crippen molar-refractivity contribution in [3.63, 3.8) is 0 Å². The van der Waals surface area contributed by atoms with E-state index in [0.717, 1.165) is 13.0 Å². The molecule has 0 aromatic rings. The van der Waals surface area contributed by atoms with Crippen LogP contribution in [0, 0.1) is 5.92 Å². The van der Waals surface area contributed by atoms with E-state index in [1.54, 1.807) is 6.92 Å². The second-order valence-corrected chi connectivity index (χ2v) is 6.01. The summed E-state index contributed by atoms with van der Waals surface area (Å²) >= 11 is 0. The Morgan fingerprint density at radius 3 is 2.50 bits per heavy atom. The third-order valence-corrected chi connectivity index (χ3v) is 4.44. The van der Waals surface area contributed by atoms with Gasteiger partial charge in [-0.3, -0.25) is 4.79 Å². The van der Waals surface area contributed by atoms with Gasteiger partial charge in [-0.05, 0) is 26.2 Å². The molecular formula is C14H26N2O2. The second-order valence-electron chi connectivity index (χ2n) is 6.01. The molecule has 2 rings (SSSR count). The third-order valence-electron chi connectivity index (χ3n) is 4.44. The summed E-state index contributed by atoms with van der Waals surface area (Å²) in [5.74, 6) is 0.333. The first-order chi connectivity index (χ1) is 8.56. The molecule has 3 atom stereocenters. The largest absolute Gasteiger partial charge is 0.393 e. The molecule has 1 aliphatic carbocycles. The fourth-order valence-electron chi connectivity index (χ4n) is 3.29. The molecule has 1 saturated carbocycles. The lowest BCUT2D eigenvalue weighted by atomic mass is 9.89. The molecule has 3 unspecified atom stereocenters.